The van der Waals surface area contributed by atoms with Crippen LogP contribution in [0.3, 0.4) is 0 Å². The van der Waals surface area contributed by atoms with E-state index in [-0.39, 0.29) is 0 Å². The second-order valence-corrected chi connectivity index (χ2v) is 5.19. The molecule has 0 aliphatic heterocycles. The highest BCUT2D eigenvalue weighted by molar-refractivity contribution is 9.10. The summed E-state index contributed by atoms with van der Waals surface area (Å²) >= 11 is 3.42. The van der Waals surface area contributed by atoms with Crippen molar-refractivity contribution in [2.24, 2.45) is 5.92 Å². The fourth-order valence-electron chi connectivity index (χ4n) is 1.87. The molecule has 1 fully saturated rings. The fraction of sp³-hybridized carbons (Fsp3) is 0.583. The Morgan fingerprint density at radius 1 is 1.40 bits per heavy atom. The van der Waals surface area contributed by atoms with Crippen LogP contribution in [0.15, 0.2) is 22.9 Å². The Morgan fingerprint density at radius 3 is 2.93 bits per heavy atom. The molecule has 0 amide bonds. The largest absolute Gasteiger partial charge is 0.313 e. The van der Waals surface area contributed by atoms with E-state index >= 15 is 0 Å². The van der Waals surface area contributed by atoms with Gasteiger partial charge in [-0.1, -0.05) is 19.3 Å². The lowest BCUT2D eigenvalue weighted by atomic mass is 9.83. The van der Waals surface area contributed by atoms with Crippen molar-refractivity contribution in [1.29, 1.82) is 0 Å². The van der Waals surface area contributed by atoms with Crippen LogP contribution < -0.4 is 5.32 Å². The average molecular weight is 269 g/mol. The third-order valence-corrected chi connectivity index (χ3v) is 3.48. The first-order valence-corrected chi connectivity index (χ1v) is 6.44. The van der Waals surface area contributed by atoms with Crippen LogP contribution >= 0.6 is 15.9 Å². The molecule has 2 nitrogen and oxygen atoms in total. The first-order chi connectivity index (χ1) is 7.34. The maximum Gasteiger partial charge on any atom is 0.0410 e. The predicted octanol–water partition coefficient (Wildman–Crippen LogP) is 3.12. The summed E-state index contributed by atoms with van der Waals surface area (Å²) in [6.45, 7) is 2.07. The van der Waals surface area contributed by atoms with Crippen molar-refractivity contribution in [3.05, 3.63) is 28.5 Å². The monoisotopic (exact) mass is 268 g/mol. The first kappa shape index (κ1) is 11.1. The molecule has 1 heterocycles. The van der Waals surface area contributed by atoms with E-state index < -0.39 is 0 Å². The number of pyridine rings is 1. The van der Waals surface area contributed by atoms with Gasteiger partial charge in [-0.15, -0.1) is 0 Å². The van der Waals surface area contributed by atoms with Crippen LogP contribution in [0.25, 0.3) is 0 Å². The molecule has 3 heteroatoms. The van der Waals surface area contributed by atoms with Gasteiger partial charge in [-0.25, -0.2) is 0 Å². The van der Waals surface area contributed by atoms with Crippen LogP contribution in [0.4, 0.5) is 0 Å². The zero-order valence-electron chi connectivity index (χ0n) is 8.88. The van der Waals surface area contributed by atoms with E-state index in [0.717, 1.165) is 23.5 Å². The fourth-order valence-corrected chi connectivity index (χ4v) is 2.29. The molecule has 0 bridgehead atoms. The standard InChI is InChI=1S/C12H17BrN2/c13-12-6-11(8-15-9-12)7-14-5-4-10-2-1-3-10/h6,8-10,14H,1-5,7H2. The highest BCUT2D eigenvalue weighted by Crippen LogP contribution is 2.28. The quantitative estimate of drug-likeness (QED) is 0.831. The average Bonchev–Trinajstić information content (AvgIpc) is 2.15. The molecule has 0 spiro atoms. The molecule has 0 atom stereocenters. The highest BCUT2D eigenvalue weighted by Gasteiger charge is 2.15. The van der Waals surface area contributed by atoms with Gasteiger partial charge < -0.3 is 5.32 Å². The zero-order chi connectivity index (χ0) is 10.5. The number of nitrogens with one attached hydrogen (secondary N) is 1. The van der Waals surface area contributed by atoms with Crippen molar-refractivity contribution in [3.63, 3.8) is 0 Å². The molecule has 2 rings (SSSR count). The molecule has 0 unspecified atom stereocenters. The summed E-state index contributed by atoms with van der Waals surface area (Å²) in [7, 11) is 0. The highest BCUT2D eigenvalue weighted by atomic mass is 79.9. The first-order valence-electron chi connectivity index (χ1n) is 5.65. The lowest BCUT2D eigenvalue weighted by molar-refractivity contribution is 0.292. The van der Waals surface area contributed by atoms with Crippen LogP contribution in [0.5, 0.6) is 0 Å². The molecule has 1 aromatic heterocycles. The van der Waals surface area contributed by atoms with Gasteiger partial charge in [0.25, 0.3) is 0 Å². The van der Waals surface area contributed by atoms with Crippen molar-refractivity contribution in [1.82, 2.24) is 10.3 Å². The SMILES string of the molecule is Brc1cncc(CNCCC2CCC2)c1. The minimum absolute atomic E-state index is 0.930. The van der Waals surface area contributed by atoms with Crippen molar-refractivity contribution >= 4 is 15.9 Å². The third-order valence-electron chi connectivity index (χ3n) is 3.04. The van der Waals surface area contributed by atoms with Crippen molar-refractivity contribution in [2.75, 3.05) is 6.54 Å². The van der Waals surface area contributed by atoms with Crippen LogP contribution in [0.2, 0.25) is 0 Å². The normalized spacial score (nSPS) is 16.3. The summed E-state index contributed by atoms with van der Waals surface area (Å²) in [4.78, 5) is 4.14. The molecule has 1 N–H and O–H groups in total. The molecular weight excluding hydrogens is 252 g/mol. The van der Waals surface area contributed by atoms with Crippen LogP contribution in [0.1, 0.15) is 31.2 Å². The summed E-state index contributed by atoms with van der Waals surface area (Å²) in [5.74, 6) is 0.998. The van der Waals surface area contributed by atoms with Gasteiger partial charge in [0.05, 0.1) is 0 Å². The van der Waals surface area contributed by atoms with E-state index in [2.05, 4.69) is 32.3 Å². The second-order valence-electron chi connectivity index (χ2n) is 4.27. The maximum absolute atomic E-state index is 4.14. The Hall–Kier alpha value is -0.410. The van der Waals surface area contributed by atoms with Gasteiger partial charge in [0.15, 0.2) is 0 Å². The number of nitrogens with zero attached hydrogens (tertiary/aromatic N) is 1. The smallest absolute Gasteiger partial charge is 0.0410 e. The molecule has 15 heavy (non-hydrogen) atoms. The molecule has 82 valence electrons. The van der Waals surface area contributed by atoms with E-state index in [4.69, 9.17) is 0 Å². The summed E-state index contributed by atoms with van der Waals surface area (Å²) in [6.07, 6.45) is 9.40. The molecule has 0 radical (unpaired) electrons. The number of halogens is 1. The Labute approximate surface area is 99.6 Å². The van der Waals surface area contributed by atoms with Gasteiger partial charge in [-0.2, -0.15) is 0 Å². The van der Waals surface area contributed by atoms with Gasteiger partial charge >= 0.3 is 0 Å². The van der Waals surface area contributed by atoms with Crippen LogP contribution in [0, 0.1) is 5.92 Å². The van der Waals surface area contributed by atoms with Gasteiger partial charge in [0.2, 0.25) is 0 Å². The number of hydrogen-bond acceptors (Lipinski definition) is 2. The van der Waals surface area contributed by atoms with Crippen molar-refractivity contribution < 1.29 is 0 Å². The minimum atomic E-state index is 0.930. The van der Waals surface area contributed by atoms with Crippen molar-refractivity contribution in [2.45, 2.75) is 32.2 Å². The molecular formula is C12H17BrN2. The molecule has 1 saturated carbocycles. The Balaban J connectivity index is 1.64. The zero-order valence-corrected chi connectivity index (χ0v) is 10.5. The van der Waals surface area contributed by atoms with Gasteiger partial charge in [0.1, 0.15) is 0 Å². The van der Waals surface area contributed by atoms with E-state index in [1.807, 2.05) is 12.4 Å². The van der Waals surface area contributed by atoms with Gasteiger partial charge in [-0.3, -0.25) is 4.98 Å². The number of rotatable bonds is 5. The molecule has 0 aromatic carbocycles. The van der Waals surface area contributed by atoms with Crippen molar-refractivity contribution in [3.8, 4) is 0 Å². The Morgan fingerprint density at radius 2 is 2.27 bits per heavy atom. The number of hydrogen-bond donors (Lipinski definition) is 1. The summed E-state index contributed by atoms with van der Waals surface area (Å²) in [5.41, 5.74) is 1.25. The Bertz CT molecular complexity index is 310. The molecule has 0 saturated heterocycles. The van der Waals surface area contributed by atoms with Crippen LogP contribution in [-0.2, 0) is 6.54 Å². The lowest BCUT2D eigenvalue weighted by Crippen LogP contribution is -2.21. The van der Waals surface area contributed by atoms with E-state index in [9.17, 15) is 0 Å². The summed E-state index contributed by atoms with van der Waals surface area (Å²) in [5, 5.41) is 3.47. The van der Waals surface area contributed by atoms with E-state index in [1.54, 1.807) is 0 Å². The molecule has 1 aromatic rings. The molecule has 1 aliphatic carbocycles. The van der Waals surface area contributed by atoms with Gasteiger partial charge in [-0.05, 0) is 46.4 Å². The maximum atomic E-state index is 4.14. The second kappa shape index (κ2) is 5.61. The summed E-state index contributed by atoms with van der Waals surface area (Å²) < 4.78 is 1.06. The topological polar surface area (TPSA) is 24.9 Å². The third kappa shape index (κ3) is 3.58. The number of aromatic nitrogens is 1. The minimum Gasteiger partial charge on any atom is -0.313 e. The van der Waals surface area contributed by atoms with Gasteiger partial charge in [0, 0.05) is 23.4 Å². The van der Waals surface area contributed by atoms with E-state index in [0.29, 0.717) is 0 Å². The molecule has 1 aliphatic rings. The van der Waals surface area contributed by atoms with E-state index in [1.165, 1.54) is 31.2 Å². The van der Waals surface area contributed by atoms with Crippen LogP contribution in [-0.4, -0.2) is 11.5 Å². The summed E-state index contributed by atoms with van der Waals surface area (Å²) in [6, 6.07) is 2.11. The lowest BCUT2D eigenvalue weighted by Gasteiger charge is -2.25. The predicted molar refractivity (Wildman–Crippen MR) is 65.6 cm³/mol. The Kier molecular flexibility index (Phi) is 4.15.